The second kappa shape index (κ2) is 7.37. The van der Waals surface area contributed by atoms with Crippen molar-refractivity contribution in [3.63, 3.8) is 0 Å². The van der Waals surface area contributed by atoms with Gasteiger partial charge in [-0.05, 0) is 69.8 Å². The van der Waals surface area contributed by atoms with Gasteiger partial charge in [0.2, 0.25) is 0 Å². The standard InChI is InChI=1S/C28H20O3/c1-17-11-21(13-19-7-3-5-9-23(17)19)25-16-31-28(26(30)15-29)27(25)22-12-18(2)24-10-6-4-8-20(24)14-22/h3-16H,1-2H3. The molecular formula is C28H20O3. The average Bonchev–Trinajstić information content (AvgIpc) is 3.24. The van der Waals surface area contributed by atoms with Gasteiger partial charge in [-0.1, -0.05) is 60.7 Å². The average molecular weight is 404 g/mol. The number of aldehydes is 1. The predicted octanol–water partition coefficient (Wildman–Crippen LogP) is 6.92. The van der Waals surface area contributed by atoms with Crippen LogP contribution in [0.3, 0.4) is 0 Å². The summed E-state index contributed by atoms with van der Waals surface area (Å²) in [6.45, 7) is 4.12. The first-order valence-electron chi connectivity index (χ1n) is 10.2. The maximum absolute atomic E-state index is 12.4. The van der Waals surface area contributed by atoms with Crippen molar-refractivity contribution in [2.45, 2.75) is 13.8 Å². The van der Waals surface area contributed by atoms with E-state index in [1.54, 1.807) is 6.26 Å². The van der Waals surface area contributed by atoms with Crippen molar-refractivity contribution < 1.29 is 14.0 Å². The zero-order valence-corrected chi connectivity index (χ0v) is 17.3. The number of Topliss-reactive ketones (excluding diaryl/α,β-unsaturated/α-hetero) is 1. The van der Waals surface area contributed by atoms with Gasteiger partial charge in [0.05, 0.1) is 6.26 Å². The largest absolute Gasteiger partial charge is 0.459 e. The third-order valence-corrected chi connectivity index (χ3v) is 5.86. The van der Waals surface area contributed by atoms with Crippen LogP contribution in [0.5, 0.6) is 0 Å². The molecular weight excluding hydrogens is 384 g/mol. The summed E-state index contributed by atoms with van der Waals surface area (Å²) in [5.74, 6) is -0.588. The van der Waals surface area contributed by atoms with Gasteiger partial charge in [0.25, 0.3) is 5.78 Å². The van der Waals surface area contributed by atoms with Crippen LogP contribution in [0.15, 0.2) is 83.5 Å². The minimum Gasteiger partial charge on any atom is -0.459 e. The molecule has 0 radical (unpaired) electrons. The van der Waals surface area contributed by atoms with Crippen molar-refractivity contribution in [2.75, 3.05) is 0 Å². The van der Waals surface area contributed by atoms with Gasteiger partial charge in [-0.3, -0.25) is 9.59 Å². The van der Waals surface area contributed by atoms with Crippen LogP contribution in [0.1, 0.15) is 21.7 Å². The van der Waals surface area contributed by atoms with Crippen LogP contribution in [-0.4, -0.2) is 12.1 Å². The van der Waals surface area contributed by atoms with Crippen molar-refractivity contribution in [1.29, 1.82) is 0 Å². The molecule has 3 nitrogen and oxygen atoms in total. The molecule has 0 aliphatic heterocycles. The maximum atomic E-state index is 12.4. The number of ketones is 1. The molecule has 0 saturated heterocycles. The number of benzene rings is 4. The molecule has 5 aromatic rings. The van der Waals surface area contributed by atoms with Crippen LogP contribution in [0, 0.1) is 13.8 Å². The number of furan rings is 1. The highest BCUT2D eigenvalue weighted by atomic mass is 16.3. The molecule has 0 atom stereocenters. The molecule has 0 saturated carbocycles. The van der Waals surface area contributed by atoms with E-state index in [1.807, 2.05) is 49.4 Å². The van der Waals surface area contributed by atoms with Crippen molar-refractivity contribution in [1.82, 2.24) is 0 Å². The third-order valence-electron chi connectivity index (χ3n) is 5.86. The lowest BCUT2D eigenvalue weighted by Crippen LogP contribution is -2.00. The summed E-state index contributed by atoms with van der Waals surface area (Å²) in [6.07, 6.45) is 1.89. The molecule has 5 rings (SSSR count). The molecule has 31 heavy (non-hydrogen) atoms. The Kier molecular flexibility index (Phi) is 4.52. The van der Waals surface area contributed by atoms with E-state index in [2.05, 4.69) is 37.3 Å². The quantitative estimate of drug-likeness (QED) is 0.186. The van der Waals surface area contributed by atoms with Crippen molar-refractivity contribution in [3.05, 3.63) is 95.9 Å². The number of aryl methyl sites for hydroxylation is 2. The molecule has 1 aromatic heterocycles. The Hall–Kier alpha value is -3.98. The first-order valence-corrected chi connectivity index (χ1v) is 10.2. The number of hydrogen-bond donors (Lipinski definition) is 0. The Morgan fingerprint density at radius 1 is 0.774 bits per heavy atom. The van der Waals surface area contributed by atoms with Gasteiger partial charge in [0.15, 0.2) is 12.0 Å². The van der Waals surface area contributed by atoms with Crippen LogP contribution < -0.4 is 0 Å². The van der Waals surface area contributed by atoms with Crippen LogP contribution in [0.4, 0.5) is 0 Å². The fraction of sp³-hybridized carbons (Fsp3) is 0.0714. The monoisotopic (exact) mass is 404 g/mol. The predicted molar refractivity (Wildman–Crippen MR) is 124 cm³/mol. The molecule has 0 fully saturated rings. The highest BCUT2D eigenvalue weighted by Crippen LogP contribution is 2.40. The molecule has 3 heteroatoms. The van der Waals surface area contributed by atoms with Crippen LogP contribution >= 0.6 is 0 Å². The van der Waals surface area contributed by atoms with Crippen LogP contribution in [0.2, 0.25) is 0 Å². The second-order valence-electron chi connectivity index (χ2n) is 7.86. The zero-order chi connectivity index (χ0) is 21.5. The first kappa shape index (κ1) is 19.0. The molecule has 0 amide bonds. The summed E-state index contributed by atoms with van der Waals surface area (Å²) in [5.41, 5.74) is 5.49. The van der Waals surface area contributed by atoms with E-state index < -0.39 is 5.78 Å². The van der Waals surface area contributed by atoms with Gasteiger partial charge >= 0.3 is 0 Å². The Morgan fingerprint density at radius 2 is 1.32 bits per heavy atom. The molecule has 1 heterocycles. The molecule has 4 aromatic carbocycles. The summed E-state index contributed by atoms with van der Waals surface area (Å²) in [6, 6.07) is 24.6. The van der Waals surface area contributed by atoms with E-state index in [1.165, 1.54) is 5.39 Å². The first-order chi connectivity index (χ1) is 15.1. The molecule has 0 unspecified atom stereocenters. The Morgan fingerprint density at radius 3 is 1.94 bits per heavy atom. The van der Waals surface area contributed by atoms with Gasteiger partial charge in [-0.2, -0.15) is 0 Å². The van der Waals surface area contributed by atoms with E-state index in [0.717, 1.165) is 44.0 Å². The van der Waals surface area contributed by atoms with Gasteiger partial charge < -0.3 is 4.42 Å². The van der Waals surface area contributed by atoms with Crippen LogP contribution in [-0.2, 0) is 4.79 Å². The lowest BCUT2D eigenvalue weighted by Gasteiger charge is -2.11. The zero-order valence-electron chi connectivity index (χ0n) is 17.3. The molecule has 0 bridgehead atoms. The number of carbonyl (C=O) groups excluding carboxylic acids is 2. The highest BCUT2D eigenvalue weighted by molar-refractivity contribution is 6.34. The SMILES string of the molecule is Cc1cc(-c2coc(C(=O)C=O)c2-c2cc(C)c3ccccc3c2)cc2ccccc12. The Bertz CT molecular complexity index is 1490. The fourth-order valence-electron chi connectivity index (χ4n) is 4.40. The lowest BCUT2D eigenvalue weighted by atomic mass is 9.90. The summed E-state index contributed by atoms with van der Waals surface area (Å²) >= 11 is 0. The Labute approximate surface area is 179 Å². The number of fused-ring (bicyclic) bond motifs is 2. The number of hydrogen-bond acceptors (Lipinski definition) is 3. The van der Waals surface area contributed by atoms with E-state index in [-0.39, 0.29) is 5.76 Å². The molecule has 0 N–H and O–H groups in total. The van der Waals surface area contributed by atoms with E-state index in [0.29, 0.717) is 11.8 Å². The topological polar surface area (TPSA) is 47.3 Å². The Balaban J connectivity index is 1.81. The third kappa shape index (κ3) is 3.15. The van der Waals surface area contributed by atoms with Crippen molar-refractivity contribution >= 4 is 33.6 Å². The second-order valence-corrected chi connectivity index (χ2v) is 7.86. The lowest BCUT2D eigenvalue weighted by molar-refractivity contribution is -0.104. The smallest absolute Gasteiger partial charge is 0.261 e. The maximum Gasteiger partial charge on any atom is 0.261 e. The van der Waals surface area contributed by atoms with Crippen molar-refractivity contribution in [3.8, 4) is 22.3 Å². The van der Waals surface area contributed by atoms with E-state index >= 15 is 0 Å². The summed E-state index contributed by atoms with van der Waals surface area (Å²) in [4.78, 5) is 23.8. The minimum absolute atomic E-state index is 0.0745. The van der Waals surface area contributed by atoms with Crippen molar-refractivity contribution in [2.24, 2.45) is 0 Å². The fourth-order valence-corrected chi connectivity index (χ4v) is 4.40. The van der Waals surface area contributed by atoms with Gasteiger partial charge in [0, 0.05) is 11.1 Å². The van der Waals surface area contributed by atoms with Gasteiger partial charge in [0.1, 0.15) is 0 Å². The summed E-state index contributed by atoms with van der Waals surface area (Å²) < 4.78 is 5.68. The minimum atomic E-state index is -0.662. The van der Waals surface area contributed by atoms with Crippen LogP contribution in [0.25, 0.3) is 43.8 Å². The molecule has 0 aliphatic carbocycles. The van der Waals surface area contributed by atoms with E-state index in [4.69, 9.17) is 4.42 Å². The number of rotatable bonds is 4. The van der Waals surface area contributed by atoms with Gasteiger partial charge in [-0.15, -0.1) is 0 Å². The van der Waals surface area contributed by atoms with Gasteiger partial charge in [-0.25, -0.2) is 0 Å². The summed E-state index contributed by atoms with van der Waals surface area (Å²) in [7, 11) is 0. The summed E-state index contributed by atoms with van der Waals surface area (Å²) in [5, 5.41) is 4.52. The molecule has 0 aliphatic rings. The number of carbonyl (C=O) groups is 2. The van der Waals surface area contributed by atoms with E-state index in [9.17, 15) is 9.59 Å². The molecule has 0 spiro atoms. The highest BCUT2D eigenvalue weighted by Gasteiger charge is 2.23. The molecule has 150 valence electrons. The normalized spacial score (nSPS) is 11.2.